The maximum atomic E-state index is 12.5. The maximum Gasteiger partial charge on any atom is 0.332 e. The van der Waals surface area contributed by atoms with Crippen LogP contribution in [0, 0.1) is 5.92 Å². The number of para-hydroxylation sites is 1. The molecular weight excluding hydrogens is 334 g/mol. The largest absolute Gasteiger partial charge is 0.464 e. The quantitative estimate of drug-likeness (QED) is 0.732. The van der Waals surface area contributed by atoms with E-state index in [0.29, 0.717) is 18.5 Å². The third-order valence-electron chi connectivity index (χ3n) is 4.76. The van der Waals surface area contributed by atoms with Crippen LogP contribution in [0.5, 0.6) is 0 Å². The molecule has 0 unspecified atom stereocenters. The molecule has 7 heteroatoms. The predicted molar refractivity (Wildman–Crippen MR) is 97.9 cm³/mol. The van der Waals surface area contributed by atoms with Crippen LogP contribution in [0.25, 0.3) is 0 Å². The summed E-state index contributed by atoms with van der Waals surface area (Å²) in [6.07, 6.45) is 2.88. The highest BCUT2D eigenvalue weighted by molar-refractivity contribution is 5.96. The molecule has 0 bridgehead atoms. The lowest BCUT2D eigenvalue weighted by Gasteiger charge is -2.20. The summed E-state index contributed by atoms with van der Waals surface area (Å²) in [5, 5.41) is 9.69. The highest BCUT2D eigenvalue weighted by Crippen LogP contribution is 2.50. The Morgan fingerprint density at radius 3 is 2.77 bits per heavy atom. The predicted octanol–water partition coefficient (Wildman–Crippen LogP) is 3.07. The van der Waals surface area contributed by atoms with Gasteiger partial charge >= 0.3 is 12.0 Å². The fourth-order valence-corrected chi connectivity index (χ4v) is 3.41. The number of nitrogens with zero attached hydrogens (tertiary/aromatic N) is 1. The van der Waals surface area contributed by atoms with E-state index in [4.69, 9.17) is 9.57 Å². The Kier molecular flexibility index (Phi) is 5.44. The van der Waals surface area contributed by atoms with Crippen LogP contribution in [0.3, 0.4) is 0 Å². The average molecular weight is 359 g/mol. The van der Waals surface area contributed by atoms with Gasteiger partial charge in [0.15, 0.2) is 0 Å². The third kappa shape index (κ3) is 3.81. The van der Waals surface area contributed by atoms with Crippen molar-refractivity contribution < 1.29 is 19.2 Å². The SMILES string of the molecule is CCCC1=NO[C@@H]([C@@H]2C[C@]2(NC(=O)Nc2ccccc2)C(=O)OCC)C1. The minimum atomic E-state index is -1.04. The van der Waals surface area contributed by atoms with Crippen molar-refractivity contribution in [3.05, 3.63) is 30.3 Å². The fraction of sp³-hybridized carbons (Fsp3) is 0.526. The zero-order valence-electron chi connectivity index (χ0n) is 15.2. The number of ether oxygens (including phenoxy) is 1. The molecular formula is C19H25N3O4. The number of carbonyl (C=O) groups is 2. The number of hydrogen-bond acceptors (Lipinski definition) is 5. The maximum absolute atomic E-state index is 12.5. The van der Waals surface area contributed by atoms with Gasteiger partial charge < -0.3 is 20.2 Å². The summed E-state index contributed by atoms with van der Waals surface area (Å²) in [7, 11) is 0. The highest BCUT2D eigenvalue weighted by atomic mass is 16.6. The van der Waals surface area contributed by atoms with Gasteiger partial charge in [-0.05, 0) is 31.9 Å². The first-order chi connectivity index (χ1) is 12.6. The molecule has 7 nitrogen and oxygen atoms in total. The van der Waals surface area contributed by atoms with E-state index in [2.05, 4.69) is 22.7 Å². The standard InChI is InChI=1S/C19H25N3O4/c1-3-8-14-11-16(26-22-14)15-12-19(15,17(23)25-4-2)21-18(24)20-13-9-6-5-7-10-13/h5-7,9-10,15-16H,3-4,8,11-12H2,1-2H3,(H2,20,21,24)/t15-,16+,19+/m0/s1. The van der Waals surface area contributed by atoms with Crippen molar-refractivity contribution in [2.45, 2.75) is 51.2 Å². The second kappa shape index (κ2) is 7.76. The number of oxime groups is 1. The van der Waals surface area contributed by atoms with Gasteiger partial charge in [-0.15, -0.1) is 0 Å². The van der Waals surface area contributed by atoms with Gasteiger partial charge in [0, 0.05) is 18.0 Å². The number of nitrogens with one attached hydrogen (secondary N) is 2. The molecule has 1 heterocycles. The lowest BCUT2D eigenvalue weighted by molar-refractivity contribution is -0.147. The third-order valence-corrected chi connectivity index (χ3v) is 4.76. The number of benzene rings is 1. The van der Waals surface area contributed by atoms with Gasteiger partial charge in [-0.2, -0.15) is 0 Å². The Balaban J connectivity index is 1.65. The summed E-state index contributed by atoms with van der Waals surface area (Å²) in [5.41, 5.74) is 0.624. The number of anilines is 1. The zero-order chi connectivity index (χ0) is 18.6. The first-order valence-electron chi connectivity index (χ1n) is 9.12. The number of esters is 1. The van der Waals surface area contributed by atoms with Gasteiger partial charge in [0.1, 0.15) is 11.6 Å². The Morgan fingerprint density at radius 2 is 2.08 bits per heavy atom. The summed E-state index contributed by atoms with van der Waals surface area (Å²) in [5.74, 6) is -0.554. The number of amides is 2. The molecule has 26 heavy (non-hydrogen) atoms. The van der Waals surface area contributed by atoms with Crippen LogP contribution in [-0.2, 0) is 14.4 Å². The van der Waals surface area contributed by atoms with Gasteiger partial charge in [-0.3, -0.25) is 0 Å². The number of rotatable bonds is 7. The molecule has 1 aliphatic carbocycles. The van der Waals surface area contributed by atoms with E-state index in [-0.39, 0.29) is 18.6 Å². The topological polar surface area (TPSA) is 89.0 Å². The van der Waals surface area contributed by atoms with Crippen molar-refractivity contribution in [2.75, 3.05) is 11.9 Å². The van der Waals surface area contributed by atoms with Gasteiger partial charge in [-0.1, -0.05) is 36.7 Å². The lowest BCUT2D eigenvalue weighted by atomic mass is 10.0. The minimum absolute atomic E-state index is 0.138. The molecule has 2 aliphatic rings. The van der Waals surface area contributed by atoms with Crippen LogP contribution in [0.4, 0.5) is 10.5 Å². The molecule has 1 aromatic carbocycles. The lowest BCUT2D eigenvalue weighted by Crippen LogP contribution is -2.49. The van der Waals surface area contributed by atoms with Crippen molar-refractivity contribution in [2.24, 2.45) is 11.1 Å². The number of hydrogen-bond donors (Lipinski definition) is 2. The molecule has 1 aliphatic heterocycles. The summed E-state index contributed by atoms with van der Waals surface area (Å²) >= 11 is 0. The Bertz CT molecular complexity index is 691. The van der Waals surface area contributed by atoms with Gasteiger partial charge in [-0.25, -0.2) is 9.59 Å². The monoisotopic (exact) mass is 359 g/mol. The number of carbonyl (C=O) groups excluding carboxylic acids is 2. The molecule has 0 aromatic heterocycles. The Hall–Kier alpha value is -2.57. The van der Waals surface area contributed by atoms with Gasteiger partial charge in [0.05, 0.1) is 12.3 Å². The molecule has 140 valence electrons. The molecule has 3 atom stereocenters. The molecule has 2 amide bonds. The van der Waals surface area contributed by atoms with E-state index >= 15 is 0 Å². The van der Waals surface area contributed by atoms with Crippen molar-refractivity contribution in [3.63, 3.8) is 0 Å². The van der Waals surface area contributed by atoms with Crippen LogP contribution < -0.4 is 10.6 Å². The van der Waals surface area contributed by atoms with Crippen LogP contribution in [0.1, 0.15) is 39.5 Å². The van der Waals surface area contributed by atoms with E-state index in [1.165, 1.54) is 0 Å². The summed E-state index contributed by atoms with van der Waals surface area (Å²) in [6.45, 7) is 4.10. The summed E-state index contributed by atoms with van der Waals surface area (Å²) in [6, 6.07) is 8.66. The van der Waals surface area contributed by atoms with E-state index in [1.54, 1.807) is 19.1 Å². The van der Waals surface area contributed by atoms with Crippen molar-refractivity contribution in [1.82, 2.24) is 5.32 Å². The normalized spacial score (nSPS) is 26.5. The molecule has 3 rings (SSSR count). The second-order valence-electron chi connectivity index (χ2n) is 6.70. The van der Waals surface area contributed by atoms with Crippen molar-refractivity contribution in [3.8, 4) is 0 Å². The Labute approximate surface area is 153 Å². The van der Waals surface area contributed by atoms with Crippen LogP contribution in [-0.4, -0.2) is 36.0 Å². The fourth-order valence-electron chi connectivity index (χ4n) is 3.41. The van der Waals surface area contributed by atoms with Crippen molar-refractivity contribution in [1.29, 1.82) is 0 Å². The molecule has 1 aromatic rings. The highest BCUT2D eigenvalue weighted by Gasteiger charge is 2.66. The number of urea groups is 1. The summed E-state index contributed by atoms with van der Waals surface area (Å²) in [4.78, 5) is 30.5. The molecule has 2 N–H and O–H groups in total. The van der Waals surface area contributed by atoms with E-state index in [0.717, 1.165) is 18.6 Å². The summed E-state index contributed by atoms with van der Waals surface area (Å²) < 4.78 is 5.21. The molecule has 1 fully saturated rings. The zero-order valence-corrected chi connectivity index (χ0v) is 15.2. The van der Waals surface area contributed by atoms with Crippen molar-refractivity contribution >= 4 is 23.4 Å². The molecule has 0 saturated heterocycles. The Morgan fingerprint density at radius 1 is 1.31 bits per heavy atom. The molecule has 0 radical (unpaired) electrons. The van der Waals surface area contributed by atoms with E-state index in [9.17, 15) is 9.59 Å². The molecule has 1 saturated carbocycles. The first kappa shape index (κ1) is 18.2. The van der Waals surface area contributed by atoms with Gasteiger partial charge in [0.25, 0.3) is 0 Å². The molecule has 0 spiro atoms. The van der Waals surface area contributed by atoms with Crippen LogP contribution in [0.15, 0.2) is 35.5 Å². The van der Waals surface area contributed by atoms with Gasteiger partial charge in [0.2, 0.25) is 0 Å². The van der Waals surface area contributed by atoms with E-state index < -0.39 is 17.5 Å². The van der Waals surface area contributed by atoms with Crippen LogP contribution >= 0.6 is 0 Å². The van der Waals surface area contributed by atoms with Crippen LogP contribution in [0.2, 0.25) is 0 Å². The minimum Gasteiger partial charge on any atom is -0.464 e. The smallest absolute Gasteiger partial charge is 0.332 e. The second-order valence-corrected chi connectivity index (χ2v) is 6.70. The first-order valence-corrected chi connectivity index (χ1v) is 9.12. The average Bonchev–Trinajstić information content (AvgIpc) is 3.16. The van der Waals surface area contributed by atoms with E-state index in [1.807, 2.05) is 18.2 Å².